The first-order valence-corrected chi connectivity index (χ1v) is 10.5. The maximum atomic E-state index is 12.6. The molecule has 9 heteroatoms. The van der Waals surface area contributed by atoms with Crippen molar-refractivity contribution in [1.29, 1.82) is 0 Å². The lowest BCUT2D eigenvalue weighted by molar-refractivity contribution is -0.152. The lowest BCUT2D eigenvalue weighted by atomic mass is 9.67. The summed E-state index contributed by atoms with van der Waals surface area (Å²) in [5.41, 5.74) is 1.25. The molecule has 5 unspecified atom stereocenters. The van der Waals surface area contributed by atoms with E-state index in [1.54, 1.807) is 6.07 Å². The minimum Gasteiger partial charge on any atom is -0.466 e. The lowest BCUT2D eigenvalue weighted by Crippen LogP contribution is -2.45. The van der Waals surface area contributed by atoms with Crippen LogP contribution in [0, 0.1) is 11.8 Å². The van der Waals surface area contributed by atoms with E-state index < -0.39 is 5.79 Å². The van der Waals surface area contributed by atoms with E-state index in [2.05, 4.69) is 24.5 Å². The molecule has 0 aromatic heterocycles. The van der Waals surface area contributed by atoms with Gasteiger partial charge in [-0.1, -0.05) is 19.7 Å². The van der Waals surface area contributed by atoms with Crippen LogP contribution in [0.4, 0.5) is 0 Å². The summed E-state index contributed by atoms with van der Waals surface area (Å²) in [5.74, 6) is -0.413. The number of hydrogen-bond donors (Lipinski definition) is 2. The monoisotopic (exact) mass is 437 g/mol. The predicted molar refractivity (Wildman–Crippen MR) is 109 cm³/mol. The largest absolute Gasteiger partial charge is 0.466 e. The van der Waals surface area contributed by atoms with Crippen LogP contribution in [0.3, 0.4) is 0 Å². The molecule has 1 aromatic rings. The van der Waals surface area contributed by atoms with Crippen molar-refractivity contribution < 1.29 is 33.3 Å². The molecule has 8 nitrogen and oxygen atoms in total. The molecule has 2 aliphatic heterocycles. The number of thiol groups is 1. The van der Waals surface area contributed by atoms with Gasteiger partial charge in [0.1, 0.15) is 0 Å². The zero-order valence-corrected chi connectivity index (χ0v) is 18.4. The summed E-state index contributed by atoms with van der Waals surface area (Å²) >= 11 is 3.95. The van der Waals surface area contributed by atoms with Crippen molar-refractivity contribution in [3.63, 3.8) is 0 Å². The number of fused-ring (bicyclic) bond motifs is 2. The van der Waals surface area contributed by atoms with E-state index in [1.807, 2.05) is 19.9 Å². The summed E-state index contributed by atoms with van der Waals surface area (Å²) in [6, 6.07) is 3.53. The maximum absolute atomic E-state index is 12.6. The first-order valence-electron chi connectivity index (χ1n) is 10.1. The van der Waals surface area contributed by atoms with Crippen LogP contribution in [0.5, 0.6) is 11.5 Å². The highest BCUT2D eigenvalue weighted by Gasteiger charge is 2.52. The van der Waals surface area contributed by atoms with E-state index in [0.29, 0.717) is 23.5 Å². The molecule has 5 atom stereocenters. The number of benzene rings is 1. The second kappa shape index (κ2) is 7.94. The molecule has 0 spiro atoms. The second-order valence-electron chi connectivity index (χ2n) is 8.54. The summed E-state index contributed by atoms with van der Waals surface area (Å²) in [6.07, 6.45) is 0.371. The van der Waals surface area contributed by atoms with Gasteiger partial charge in [0.15, 0.2) is 17.3 Å². The van der Waals surface area contributed by atoms with Gasteiger partial charge in [-0.25, -0.2) is 0 Å². The van der Waals surface area contributed by atoms with E-state index in [4.69, 9.17) is 23.7 Å². The highest BCUT2D eigenvalue weighted by molar-refractivity contribution is 7.78. The molecular formula is C21H27NO7S. The van der Waals surface area contributed by atoms with E-state index in [0.717, 1.165) is 5.56 Å². The van der Waals surface area contributed by atoms with Crippen LogP contribution >= 0.6 is 12.8 Å². The quantitative estimate of drug-likeness (QED) is 0.553. The molecule has 2 fully saturated rings. The second-order valence-corrected chi connectivity index (χ2v) is 8.76. The van der Waals surface area contributed by atoms with Gasteiger partial charge >= 0.3 is 5.97 Å². The molecule has 1 aliphatic carbocycles. The van der Waals surface area contributed by atoms with E-state index >= 15 is 0 Å². The van der Waals surface area contributed by atoms with Crippen molar-refractivity contribution in [2.24, 2.45) is 11.8 Å². The van der Waals surface area contributed by atoms with Gasteiger partial charge in [-0.3, -0.25) is 14.3 Å². The first-order chi connectivity index (χ1) is 14.2. The van der Waals surface area contributed by atoms with E-state index in [1.165, 1.54) is 6.92 Å². The minimum absolute atomic E-state index is 0.0345. The Bertz CT molecular complexity index is 858. The van der Waals surface area contributed by atoms with Gasteiger partial charge in [0.05, 0.1) is 18.8 Å². The smallest absolute Gasteiger partial charge is 0.302 e. The van der Waals surface area contributed by atoms with Crippen molar-refractivity contribution >= 4 is 24.7 Å². The summed E-state index contributed by atoms with van der Waals surface area (Å²) < 4.78 is 31.2. The van der Waals surface area contributed by atoms with Crippen molar-refractivity contribution in [3.05, 3.63) is 23.3 Å². The van der Waals surface area contributed by atoms with Gasteiger partial charge in [0.2, 0.25) is 6.79 Å². The highest BCUT2D eigenvalue weighted by Crippen LogP contribution is 2.50. The van der Waals surface area contributed by atoms with Gasteiger partial charge in [-0.05, 0) is 49.8 Å². The third-order valence-electron chi connectivity index (χ3n) is 6.19. The lowest BCUT2D eigenvalue weighted by Gasteiger charge is -2.42. The number of nitrogens with one attached hydrogen (secondary N) is 1. The normalized spacial score (nSPS) is 31.2. The fourth-order valence-corrected chi connectivity index (χ4v) is 5.01. The molecule has 1 saturated carbocycles. The van der Waals surface area contributed by atoms with Gasteiger partial charge in [0.25, 0.3) is 5.91 Å². The summed E-state index contributed by atoms with van der Waals surface area (Å²) in [4.78, 5) is 24.2. The number of amides is 1. The molecule has 30 heavy (non-hydrogen) atoms. The van der Waals surface area contributed by atoms with Crippen LogP contribution in [-0.2, 0) is 19.0 Å². The molecule has 1 N–H and O–H groups in total. The average molecular weight is 438 g/mol. The topological polar surface area (TPSA) is 92.3 Å². The summed E-state index contributed by atoms with van der Waals surface area (Å²) in [7, 11) is 0. The zero-order chi connectivity index (χ0) is 21.6. The van der Waals surface area contributed by atoms with E-state index in [-0.39, 0.29) is 55.2 Å². The summed E-state index contributed by atoms with van der Waals surface area (Å²) in [6.45, 7) is 7.60. The molecule has 0 radical (unpaired) electrons. The summed E-state index contributed by atoms with van der Waals surface area (Å²) in [5, 5.41) is 0. The van der Waals surface area contributed by atoms with Gasteiger partial charge < -0.3 is 23.7 Å². The average Bonchev–Trinajstić information content (AvgIpc) is 3.27. The molecule has 3 aliphatic rings. The Labute approximate surface area is 181 Å². The van der Waals surface area contributed by atoms with Crippen LogP contribution in [-0.4, -0.2) is 43.3 Å². The molecule has 0 bridgehead atoms. The van der Waals surface area contributed by atoms with Crippen molar-refractivity contribution in [2.45, 2.75) is 58.0 Å². The first kappa shape index (κ1) is 21.3. The van der Waals surface area contributed by atoms with Crippen LogP contribution in [0.15, 0.2) is 12.1 Å². The number of carbonyl (C=O) groups is 2. The highest BCUT2D eigenvalue weighted by atomic mass is 32.1. The van der Waals surface area contributed by atoms with Crippen LogP contribution < -0.4 is 14.2 Å². The van der Waals surface area contributed by atoms with Crippen LogP contribution in [0.2, 0.25) is 0 Å². The third-order valence-corrected chi connectivity index (χ3v) is 6.39. The fraction of sp³-hybridized carbons (Fsp3) is 0.619. The van der Waals surface area contributed by atoms with Crippen LogP contribution in [0.1, 0.15) is 56.0 Å². The van der Waals surface area contributed by atoms with Crippen molar-refractivity contribution in [2.75, 3.05) is 13.4 Å². The minimum atomic E-state index is -0.690. The predicted octanol–water partition coefficient (Wildman–Crippen LogP) is 2.81. The fourth-order valence-electron chi connectivity index (χ4n) is 4.89. The third kappa shape index (κ3) is 3.86. The van der Waals surface area contributed by atoms with Crippen LogP contribution in [0.25, 0.3) is 0 Å². The number of ether oxygens (including phenoxy) is 5. The Morgan fingerprint density at radius 1 is 1.23 bits per heavy atom. The van der Waals surface area contributed by atoms with Gasteiger partial charge in [0, 0.05) is 18.4 Å². The van der Waals surface area contributed by atoms with Crippen molar-refractivity contribution in [1.82, 2.24) is 4.72 Å². The molecule has 164 valence electrons. The molecular weight excluding hydrogens is 410 g/mol. The number of rotatable bonds is 4. The van der Waals surface area contributed by atoms with E-state index in [9.17, 15) is 9.59 Å². The number of carbonyl (C=O) groups excluding carboxylic acids is 2. The Morgan fingerprint density at radius 3 is 2.60 bits per heavy atom. The molecule has 1 saturated heterocycles. The molecule has 2 heterocycles. The SMILES string of the molecule is CC(=O)OCC1C(c2cc3c(cc2C(=O)NS)OCO3)CC2OC(C)(C)OC2C1C. The van der Waals surface area contributed by atoms with Gasteiger partial charge in [-0.15, -0.1) is 0 Å². The Morgan fingerprint density at radius 2 is 1.93 bits per heavy atom. The number of hydrogen-bond acceptors (Lipinski definition) is 8. The number of esters is 1. The standard InChI is InChI=1S/C21H27NO7S/c1-10-15(8-25-11(2)23)13(6-18-19(10)29-21(3,4)28-18)12-5-16-17(27-9-26-16)7-14(12)20(24)22-30/h5,7,10,13,15,18-19,30H,6,8-9H2,1-4H3,(H,22,24). The van der Waals surface area contributed by atoms with Crippen molar-refractivity contribution in [3.8, 4) is 11.5 Å². The maximum Gasteiger partial charge on any atom is 0.302 e. The molecule has 1 amide bonds. The van der Waals surface area contributed by atoms with Gasteiger partial charge in [-0.2, -0.15) is 0 Å². The molecule has 4 rings (SSSR count). The Kier molecular flexibility index (Phi) is 5.63. The molecule has 1 aromatic carbocycles. The Hall–Kier alpha value is -1.97. The Balaban J connectivity index is 1.76. The zero-order valence-electron chi connectivity index (χ0n) is 17.5.